The van der Waals surface area contributed by atoms with Crippen molar-refractivity contribution >= 4 is 10.0 Å². The third-order valence-electron chi connectivity index (χ3n) is 3.93. The summed E-state index contributed by atoms with van der Waals surface area (Å²) < 4.78 is 42.2. The molecule has 0 saturated heterocycles. The molecule has 1 aliphatic rings. The van der Waals surface area contributed by atoms with Gasteiger partial charge in [0.25, 0.3) is 0 Å². The zero-order valence-corrected chi connectivity index (χ0v) is 14.4. The van der Waals surface area contributed by atoms with Crippen LogP contribution in [0.1, 0.15) is 5.56 Å². The summed E-state index contributed by atoms with van der Waals surface area (Å²) in [6, 6.07) is 12.2. The zero-order valence-electron chi connectivity index (χ0n) is 13.6. The monoisotopic (exact) mass is 349 g/mol. The van der Waals surface area contributed by atoms with E-state index in [-0.39, 0.29) is 11.7 Å². The van der Waals surface area contributed by atoms with Crippen LogP contribution in [0.2, 0.25) is 0 Å². The van der Waals surface area contributed by atoms with E-state index in [4.69, 9.17) is 14.2 Å². The average Bonchev–Trinajstić information content (AvgIpc) is 3.07. The van der Waals surface area contributed by atoms with Crippen molar-refractivity contribution in [1.82, 2.24) is 4.31 Å². The third-order valence-corrected chi connectivity index (χ3v) is 5.78. The average molecular weight is 349 g/mol. The van der Waals surface area contributed by atoms with E-state index in [9.17, 15) is 8.42 Å². The van der Waals surface area contributed by atoms with Gasteiger partial charge < -0.3 is 14.2 Å². The second-order valence-electron chi connectivity index (χ2n) is 5.44. The number of nitrogens with zero attached hydrogens (tertiary/aromatic N) is 1. The van der Waals surface area contributed by atoms with Crippen LogP contribution < -0.4 is 14.2 Å². The molecule has 0 atom stereocenters. The number of benzene rings is 2. The van der Waals surface area contributed by atoms with E-state index in [1.807, 2.05) is 24.3 Å². The fraction of sp³-hybridized carbons (Fsp3) is 0.294. The molecule has 1 aliphatic heterocycles. The van der Waals surface area contributed by atoms with E-state index in [0.29, 0.717) is 24.5 Å². The highest BCUT2D eigenvalue weighted by molar-refractivity contribution is 7.89. The molecule has 0 unspecified atom stereocenters. The minimum absolute atomic E-state index is 0.117. The van der Waals surface area contributed by atoms with E-state index < -0.39 is 10.0 Å². The number of fused-ring (bicyclic) bond motifs is 1. The van der Waals surface area contributed by atoms with E-state index in [1.165, 1.54) is 16.4 Å². The molecule has 0 aliphatic carbocycles. The largest absolute Gasteiger partial charge is 0.497 e. The molecule has 0 bridgehead atoms. The molecule has 2 aromatic carbocycles. The SMILES string of the molecule is COc1ccc(CCN(C)S(=O)(=O)c2ccc3c(c2)OCO3)cc1. The molecule has 3 rings (SSSR count). The quantitative estimate of drug-likeness (QED) is 0.801. The Morgan fingerprint density at radius 3 is 2.50 bits per heavy atom. The van der Waals surface area contributed by atoms with E-state index in [1.54, 1.807) is 20.2 Å². The van der Waals surface area contributed by atoms with Crippen LogP contribution in [0, 0.1) is 0 Å². The lowest BCUT2D eigenvalue weighted by Gasteiger charge is -2.17. The molecule has 0 N–H and O–H groups in total. The van der Waals surface area contributed by atoms with Gasteiger partial charge in [-0.25, -0.2) is 12.7 Å². The second-order valence-corrected chi connectivity index (χ2v) is 7.48. The molecule has 0 saturated carbocycles. The summed E-state index contributed by atoms with van der Waals surface area (Å²) in [6.07, 6.45) is 0.615. The fourth-order valence-electron chi connectivity index (χ4n) is 2.42. The molecule has 0 amide bonds. The molecule has 0 spiro atoms. The van der Waals surface area contributed by atoms with Gasteiger partial charge in [-0.1, -0.05) is 12.1 Å². The normalized spacial score (nSPS) is 13.3. The van der Waals surface area contributed by atoms with E-state index in [0.717, 1.165) is 11.3 Å². The molecule has 0 fully saturated rings. The van der Waals surface area contributed by atoms with E-state index >= 15 is 0 Å². The topological polar surface area (TPSA) is 65.1 Å². The maximum absolute atomic E-state index is 12.7. The Hall–Kier alpha value is -2.25. The van der Waals surface area contributed by atoms with Gasteiger partial charge >= 0.3 is 0 Å². The Balaban J connectivity index is 1.69. The highest BCUT2D eigenvalue weighted by Gasteiger charge is 2.24. The lowest BCUT2D eigenvalue weighted by Crippen LogP contribution is -2.29. The summed E-state index contributed by atoms with van der Waals surface area (Å²) in [5.41, 5.74) is 1.04. The minimum Gasteiger partial charge on any atom is -0.497 e. The van der Waals surface area contributed by atoms with Crippen molar-refractivity contribution in [3.05, 3.63) is 48.0 Å². The van der Waals surface area contributed by atoms with Crippen molar-refractivity contribution in [3.8, 4) is 17.2 Å². The Morgan fingerprint density at radius 2 is 1.79 bits per heavy atom. The van der Waals surface area contributed by atoms with Crippen LogP contribution in [-0.2, 0) is 16.4 Å². The first kappa shape index (κ1) is 16.6. The highest BCUT2D eigenvalue weighted by atomic mass is 32.2. The number of hydrogen-bond acceptors (Lipinski definition) is 5. The molecule has 24 heavy (non-hydrogen) atoms. The third kappa shape index (κ3) is 3.32. The van der Waals surface area contributed by atoms with Gasteiger partial charge in [-0.05, 0) is 36.2 Å². The number of sulfonamides is 1. The minimum atomic E-state index is -3.57. The van der Waals surface area contributed by atoms with Crippen LogP contribution >= 0.6 is 0 Å². The number of methoxy groups -OCH3 is 1. The van der Waals surface area contributed by atoms with Crippen LogP contribution in [0.3, 0.4) is 0 Å². The molecule has 6 nitrogen and oxygen atoms in total. The molecular formula is C17H19NO5S. The lowest BCUT2D eigenvalue weighted by molar-refractivity contribution is 0.174. The summed E-state index contributed by atoms with van der Waals surface area (Å²) in [5.74, 6) is 1.80. The number of hydrogen-bond donors (Lipinski definition) is 0. The van der Waals surface area contributed by atoms with Crippen molar-refractivity contribution < 1.29 is 22.6 Å². The molecule has 0 aromatic heterocycles. The first-order valence-corrected chi connectivity index (χ1v) is 8.93. The Labute approximate surface area is 141 Å². The summed E-state index contributed by atoms with van der Waals surface area (Å²) in [6.45, 7) is 0.495. The first-order chi connectivity index (χ1) is 11.5. The highest BCUT2D eigenvalue weighted by Crippen LogP contribution is 2.34. The van der Waals surface area contributed by atoms with Crippen molar-refractivity contribution in [1.29, 1.82) is 0 Å². The fourth-order valence-corrected chi connectivity index (χ4v) is 3.60. The maximum atomic E-state index is 12.7. The number of likely N-dealkylation sites (N-methyl/N-ethyl adjacent to an activating group) is 1. The second kappa shape index (κ2) is 6.70. The molecule has 0 radical (unpaired) electrons. The first-order valence-electron chi connectivity index (χ1n) is 7.49. The van der Waals surface area contributed by atoms with Gasteiger partial charge in [0.1, 0.15) is 5.75 Å². The summed E-state index contributed by atoms with van der Waals surface area (Å²) >= 11 is 0. The van der Waals surface area contributed by atoms with Crippen LogP contribution in [-0.4, -0.2) is 40.2 Å². The predicted molar refractivity (Wildman–Crippen MR) is 89.1 cm³/mol. The summed E-state index contributed by atoms with van der Waals surface area (Å²) in [4.78, 5) is 0.198. The number of ether oxygens (including phenoxy) is 3. The van der Waals surface area contributed by atoms with Crippen LogP contribution in [0.5, 0.6) is 17.2 Å². The van der Waals surface area contributed by atoms with Gasteiger partial charge in [-0.15, -0.1) is 0 Å². The smallest absolute Gasteiger partial charge is 0.242 e. The Kier molecular flexibility index (Phi) is 4.64. The summed E-state index contributed by atoms with van der Waals surface area (Å²) in [7, 11) is -0.386. The van der Waals surface area contributed by atoms with Crippen LogP contribution in [0.4, 0.5) is 0 Å². The van der Waals surface area contributed by atoms with E-state index in [2.05, 4.69) is 0 Å². The standard InChI is InChI=1S/C17H19NO5S/c1-18(10-9-13-3-5-14(21-2)6-4-13)24(19,20)15-7-8-16-17(11-15)23-12-22-16/h3-8,11H,9-10,12H2,1-2H3. The van der Waals surface area contributed by atoms with Gasteiger partial charge in [0.15, 0.2) is 11.5 Å². The van der Waals surface area contributed by atoms with Gasteiger partial charge in [-0.2, -0.15) is 0 Å². The van der Waals surface area contributed by atoms with Gasteiger partial charge in [0.05, 0.1) is 12.0 Å². The van der Waals surface area contributed by atoms with Crippen molar-refractivity contribution in [2.45, 2.75) is 11.3 Å². The van der Waals surface area contributed by atoms with Gasteiger partial charge in [0.2, 0.25) is 16.8 Å². The van der Waals surface area contributed by atoms with Crippen molar-refractivity contribution in [2.75, 3.05) is 27.5 Å². The van der Waals surface area contributed by atoms with Crippen molar-refractivity contribution in [3.63, 3.8) is 0 Å². The predicted octanol–water partition coefficient (Wildman–Crippen LogP) is 2.29. The maximum Gasteiger partial charge on any atom is 0.242 e. The Bertz CT molecular complexity index is 817. The van der Waals surface area contributed by atoms with Crippen LogP contribution in [0.25, 0.3) is 0 Å². The number of rotatable bonds is 6. The van der Waals surface area contributed by atoms with Crippen molar-refractivity contribution in [2.24, 2.45) is 0 Å². The van der Waals surface area contributed by atoms with Crippen LogP contribution in [0.15, 0.2) is 47.4 Å². The Morgan fingerprint density at radius 1 is 1.08 bits per heavy atom. The van der Waals surface area contributed by atoms with Gasteiger partial charge in [0, 0.05) is 19.7 Å². The van der Waals surface area contributed by atoms with Gasteiger partial charge in [-0.3, -0.25) is 0 Å². The molecule has 128 valence electrons. The zero-order chi connectivity index (χ0) is 17.2. The molecular weight excluding hydrogens is 330 g/mol. The molecule has 1 heterocycles. The summed E-state index contributed by atoms with van der Waals surface area (Å²) in [5, 5.41) is 0. The molecule has 2 aromatic rings. The molecule has 7 heteroatoms. The lowest BCUT2D eigenvalue weighted by atomic mass is 10.1.